The first-order valence-corrected chi connectivity index (χ1v) is 7.07. The molecule has 0 N–H and O–H groups in total. The molecular weight excluding hydrogens is 246 g/mol. The molecule has 0 aliphatic heterocycles. The highest BCUT2D eigenvalue weighted by Crippen LogP contribution is 2.24. The predicted octanol–water partition coefficient (Wildman–Crippen LogP) is 4.28. The van der Waals surface area contributed by atoms with Crippen molar-refractivity contribution in [1.82, 2.24) is 4.98 Å². The third-order valence-electron chi connectivity index (χ3n) is 3.72. The highest BCUT2D eigenvalue weighted by atomic mass is 16.1. The maximum Gasteiger partial charge on any atom is 0.158 e. The summed E-state index contributed by atoms with van der Waals surface area (Å²) in [4.78, 5) is 15.8. The number of pyridine rings is 1. The number of ketones is 1. The van der Waals surface area contributed by atoms with Crippen LogP contribution < -0.4 is 0 Å². The summed E-state index contributed by atoms with van der Waals surface area (Å²) in [6.07, 6.45) is 9.44. The average molecular weight is 263 g/mol. The van der Waals surface area contributed by atoms with Gasteiger partial charge in [0, 0.05) is 18.8 Å². The highest BCUT2D eigenvalue weighted by Gasteiger charge is 2.14. The Morgan fingerprint density at radius 1 is 0.850 bits per heavy atom. The van der Waals surface area contributed by atoms with Gasteiger partial charge in [-0.05, 0) is 59.7 Å². The fourth-order valence-corrected chi connectivity index (χ4v) is 2.57. The zero-order chi connectivity index (χ0) is 13.8. The topological polar surface area (TPSA) is 30.0 Å². The van der Waals surface area contributed by atoms with Gasteiger partial charge in [0.2, 0.25) is 0 Å². The molecule has 2 aromatic rings. The van der Waals surface area contributed by atoms with Crippen LogP contribution in [0.2, 0.25) is 0 Å². The van der Waals surface area contributed by atoms with E-state index in [0.29, 0.717) is 12.2 Å². The molecule has 1 aromatic carbocycles. The standard InChI is InChI=1S/C18H17NO/c20-18-4-2-1-3-17(18)13-14-5-7-15(8-6-14)16-9-11-19-12-10-16/h5-13H,1-4H2/b17-13+. The molecule has 0 amide bonds. The molecule has 1 aliphatic carbocycles. The van der Waals surface area contributed by atoms with Crippen LogP contribution in [0.4, 0.5) is 0 Å². The SMILES string of the molecule is O=C1CCCC/C1=C\c1ccc(-c2ccncc2)cc1. The molecule has 1 heterocycles. The second-order valence-corrected chi connectivity index (χ2v) is 5.16. The summed E-state index contributed by atoms with van der Waals surface area (Å²) in [6.45, 7) is 0. The van der Waals surface area contributed by atoms with Crippen LogP contribution in [-0.4, -0.2) is 10.8 Å². The van der Waals surface area contributed by atoms with E-state index >= 15 is 0 Å². The Morgan fingerprint density at radius 2 is 1.50 bits per heavy atom. The van der Waals surface area contributed by atoms with Crippen LogP contribution in [0.25, 0.3) is 17.2 Å². The number of benzene rings is 1. The zero-order valence-electron chi connectivity index (χ0n) is 11.4. The van der Waals surface area contributed by atoms with Crippen LogP contribution in [-0.2, 0) is 4.79 Å². The average Bonchev–Trinajstić information content (AvgIpc) is 2.51. The van der Waals surface area contributed by atoms with E-state index < -0.39 is 0 Å². The van der Waals surface area contributed by atoms with Gasteiger partial charge in [-0.1, -0.05) is 24.3 Å². The summed E-state index contributed by atoms with van der Waals surface area (Å²) in [5, 5.41) is 0. The monoisotopic (exact) mass is 263 g/mol. The molecular formula is C18H17NO. The van der Waals surface area contributed by atoms with Gasteiger partial charge in [-0.25, -0.2) is 0 Å². The van der Waals surface area contributed by atoms with Gasteiger partial charge < -0.3 is 0 Å². The number of Topliss-reactive ketones (excluding diaryl/α,β-unsaturated/α-hetero) is 1. The summed E-state index contributed by atoms with van der Waals surface area (Å²) in [5.74, 6) is 0.314. The third kappa shape index (κ3) is 2.85. The molecule has 1 aromatic heterocycles. The number of hydrogen-bond donors (Lipinski definition) is 0. The lowest BCUT2D eigenvalue weighted by atomic mass is 9.92. The maximum atomic E-state index is 11.8. The van der Waals surface area contributed by atoms with Crippen molar-refractivity contribution in [3.63, 3.8) is 0 Å². The Bertz CT molecular complexity index is 626. The number of carbonyl (C=O) groups excluding carboxylic acids is 1. The molecule has 3 rings (SSSR count). The number of nitrogens with zero attached hydrogens (tertiary/aromatic N) is 1. The van der Waals surface area contributed by atoms with E-state index in [0.717, 1.165) is 36.0 Å². The van der Waals surface area contributed by atoms with Crippen LogP contribution >= 0.6 is 0 Å². The molecule has 0 saturated heterocycles. The van der Waals surface area contributed by atoms with Crippen LogP contribution in [0.5, 0.6) is 0 Å². The Balaban J connectivity index is 1.83. The molecule has 1 fully saturated rings. The minimum atomic E-state index is 0.314. The molecule has 1 saturated carbocycles. The molecule has 0 unspecified atom stereocenters. The van der Waals surface area contributed by atoms with Gasteiger partial charge in [0.25, 0.3) is 0 Å². The molecule has 100 valence electrons. The van der Waals surface area contributed by atoms with Gasteiger partial charge in [0.05, 0.1) is 0 Å². The minimum absolute atomic E-state index is 0.314. The Morgan fingerprint density at radius 3 is 2.20 bits per heavy atom. The van der Waals surface area contributed by atoms with Crippen molar-refractivity contribution in [3.8, 4) is 11.1 Å². The fourth-order valence-electron chi connectivity index (χ4n) is 2.57. The first-order chi connectivity index (χ1) is 9.83. The highest BCUT2D eigenvalue weighted by molar-refractivity contribution is 6.00. The van der Waals surface area contributed by atoms with E-state index in [1.807, 2.05) is 18.2 Å². The third-order valence-corrected chi connectivity index (χ3v) is 3.72. The van der Waals surface area contributed by atoms with Gasteiger partial charge in [-0.3, -0.25) is 9.78 Å². The van der Waals surface area contributed by atoms with E-state index in [-0.39, 0.29) is 0 Å². The van der Waals surface area contributed by atoms with Crippen LogP contribution in [0.3, 0.4) is 0 Å². The van der Waals surface area contributed by atoms with Gasteiger partial charge in [0.15, 0.2) is 5.78 Å². The number of aromatic nitrogens is 1. The Hall–Kier alpha value is -2.22. The largest absolute Gasteiger partial charge is 0.295 e. The van der Waals surface area contributed by atoms with Crippen molar-refractivity contribution in [2.24, 2.45) is 0 Å². The molecule has 20 heavy (non-hydrogen) atoms. The zero-order valence-corrected chi connectivity index (χ0v) is 11.4. The molecule has 0 atom stereocenters. The number of carbonyl (C=O) groups is 1. The predicted molar refractivity (Wildman–Crippen MR) is 81.1 cm³/mol. The van der Waals surface area contributed by atoms with Crippen molar-refractivity contribution in [2.75, 3.05) is 0 Å². The first-order valence-electron chi connectivity index (χ1n) is 7.07. The molecule has 0 radical (unpaired) electrons. The van der Waals surface area contributed by atoms with Gasteiger partial charge in [-0.15, -0.1) is 0 Å². The summed E-state index contributed by atoms with van der Waals surface area (Å²) >= 11 is 0. The summed E-state index contributed by atoms with van der Waals surface area (Å²) < 4.78 is 0. The quantitative estimate of drug-likeness (QED) is 0.757. The van der Waals surface area contributed by atoms with Crippen molar-refractivity contribution < 1.29 is 4.79 Å². The normalized spacial score (nSPS) is 17.4. The summed E-state index contributed by atoms with van der Waals surface area (Å²) in [7, 11) is 0. The Kier molecular flexibility index (Phi) is 3.73. The van der Waals surface area contributed by atoms with Gasteiger partial charge >= 0.3 is 0 Å². The van der Waals surface area contributed by atoms with Crippen LogP contribution in [0, 0.1) is 0 Å². The molecule has 2 heteroatoms. The van der Waals surface area contributed by atoms with E-state index in [2.05, 4.69) is 29.2 Å². The second-order valence-electron chi connectivity index (χ2n) is 5.16. The Labute approximate surface area is 119 Å². The van der Waals surface area contributed by atoms with Gasteiger partial charge in [0.1, 0.15) is 0 Å². The maximum absolute atomic E-state index is 11.8. The number of allylic oxidation sites excluding steroid dienone is 1. The molecule has 1 aliphatic rings. The summed E-state index contributed by atoms with van der Waals surface area (Å²) in [6, 6.07) is 12.3. The van der Waals surface area contributed by atoms with Crippen molar-refractivity contribution >= 4 is 11.9 Å². The first kappa shape index (κ1) is 12.8. The van der Waals surface area contributed by atoms with Crippen LogP contribution in [0.15, 0.2) is 54.4 Å². The lowest BCUT2D eigenvalue weighted by molar-refractivity contribution is -0.116. The summed E-state index contributed by atoms with van der Waals surface area (Å²) in [5.41, 5.74) is 4.42. The van der Waals surface area contributed by atoms with E-state index in [1.165, 1.54) is 5.56 Å². The van der Waals surface area contributed by atoms with Crippen molar-refractivity contribution in [3.05, 3.63) is 59.9 Å². The fraction of sp³-hybridized carbons (Fsp3) is 0.222. The minimum Gasteiger partial charge on any atom is -0.295 e. The van der Waals surface area contributed by atoms with Gasteiger partial charge in [-0.2, -0.15) is 0 Å². The lowest BCUT2D eigenvalue weighted by Crippen LogP contribution is -2.07. The second kappa shape index (κ2) is 5.83. The number of rotatable bonds is 2. The molecule has 0 bridgehead atoms. The molecule has 2 nitrogen and oxygen atoms in total. The van der Waals surface area contributed by atoms with E-state index in [1.54, 1.807) is 12.4 Å². The van der Waals surface area contributed by atoms with Crippen LogP contribution in [0.1, 0.15) is 31.2 Å². The van der Waals surface area contributed by atoms with E-state index in [4.69, 9.17) is 0 Å². The van der Waals surface area contributed by atoms with Crippen molar-refractivity contribution in [2.45, 2.75) is 25.7 Å². The smallest absolute Gasteiger partial charge is 0.158 e. The van der Waals surface area contributed by atoms with Crippen molar-refractivity contribution in [1.29, 1.82) is 0 Å². The number of hydrogen-bond acceptors (Lipinski definition) is 2. The lowest BCUT2D eigenvalue weighted by Gasteiger charge is -2.12. The van der Waals surface area contributed by atoms with E-state index in [9.17, 15) is 4.79 Å². The molecule has 0 spiro atoms.